The lowest BCUT2D eigenvalue weighted by Crippen LogP contribution is -2.40. The fourth-order valence-electron chi connectivity index (χ4n) is 3.31. The van der Waals surface area contributed by atoms with Gasteiger partial charge in [0.05, 0.1) is 23.5 Å². The summed E-state index contributed by atoms with van der Waals surface area (Å²) in [5, 5.41) is 8.72. The number of nitrogens with zero attached hydrogens (tertiary/aromatic N) is 5. The first-order chi connectivity index (χ1) is 13.3. The second-order valence-electron chi connectivity index (χ2n) is 6.45. The number of hydrogen-bond donors (Lipinski definition) is 0. The molecule has 0 spiro atoms. The Morgan fingerprint density at radius 1 is 1.30 bits per heavy atom. The molecule has 0 aliphatic carbocycles. The molecule has 0 unspecified atom stereocenters. The van der Waals surface area contributed by atoms with Crippen LogP contribution in [0, 0.1) is 0 Å². The van der Waals surface area contributed by atoms with Crippen molar-refractivity contribution in [3.63, 3.8) is 0 Å². The SMILES string of the molecule is CO/N=C(/CN1CCc2nn(C3=CCCN=C3)cc2C1=O)c1ccccc1. The highest BCUT2D eigenvalue weighted by molar-refractivity contribution is 6.06. The summed E-state index contributed by atoms with van der Waals surface area (Å²) >= 11 is 0. The van der Waals surface area contributed by atoms with Crippen molar-refractivity contribution in [2.75, 3.05) is 26.7 Å². The number of rotatable bonds is 5. The number of oxime groups is 1. The predicted octanol–water partition coefficient (Wildman–Crippen LogP) is 2.25. The number of carbonyl (C=O) groups is 1. The van der Waals surface area contributed by atoms with Crippen LogP contribution in [0.25, 0.3) is 5.70 Å². The maximum atomic E-state index is 13.0. The highest BCUT2D eigenvalue weighted by Gasteiger charge is 2.29. The summed E-state index contributed by atoms with van der Waals surface area (Å²) in [7, 11) is 1.52. The molecule has 138 valence electrons. The average molecular weight is 363 g/mol. The monoisotopic (exact) mass is 363 g/mol. The summed E-state index contributed by atoms with van der Waals surface area (Å²) in [6.45, 7) is 1.80. The van der Waals surface area contributed by atoms with Gasteiger partial charge in [0.1, 0.15) is 12.8 Å². The lowest BCUT2D eigenvalue weighted by atomic mass is 10.1. The van der Waals surface area contributed by atoms with Gasteiger partial charge in [0, 0.05) is 37.5 Å². The largest absolute Gasteiger partial charge is 0.399 e. The van der Waals surface area contributed by atoms with Gasteiger partial charge in [-0.15, -0.1) is 0 Å². The van der Waals surface area contributed by atoms with E-state index in [0.29, 0.717) is 25.1 Å². The number of aromatic nitrogens is 2. The Morgan fingerprint density at radius 2 is 2.15 bits per heavy atom. The van der Waals surface area contributed by atoms with Gasteiger partial charge in [-0.05, 0) is 6.42 Å². The number of allylic oxidation sites excluding steroid dienone is 1. The van der Waals surface area contributed by atoms with Crippen LogP contribution in [-0.4, -0.2) is 59.3 Å². The van der Waals surface area contributed by atoms with Crippen LogP contribution in [0.2, 0.25) is 0 Å². The molecule has 0 N–H and O–H groups in total. The quantitative estimate of drug-likeness (QED) is 0.604. The fourth-order valence-corrected chi connectivity index (χ4v) is 3.31. The Kier molecular flexibility index (Phi) is 4.82. The zero-order chi connectivity index (χ0) is 18.6. The van der Waals surface area contributed by atoms with Gasteiger partial charge in [-0.25, -0.2) is 4.68 Å². The van der Waals surface area contributed by atoms with Crippen molar-refractivity contribution in [1.29, 1.82) is 0 Å². The van der Waals surface area contributed by atoms with Crippen molar-refractivity contribution in [2.45, 2.75) is 12.8 Å². The molecule has 0 atom stereocenters. The molecule has 0 saturated heterocycles. The van der Waals surface area contributed by atoms with Crippen molar-refractivity contribution < 1.29 is 9.63 Å². The normalized spacial score (nSPS) is 16.9. The predicted molar refractivity (Wildman–Crippen MR) is 104 cm³/mol. The van der Waals surface area contributed by atoms with E-state index in [1.54, 1.807) is 9.58 Å². The molecule has 0 radical (unpaired) electrons. The Morgan fingerprint density at radius 3 is 2.89 bits per heavy atom. The van der Waals surface area contributed by atoms with Crippen LogP contribution in [0.15, 0.2) is 52.8 Å². The standard InChI is InChI=1S/C20H21N5O2/c1-27-23-19(15-6-3-2-4-7-15)14-24-11-9-18-17(20(24)26)13-25(22-18)16-8-5-10-21-12-16/h2-4,6-8,12-13H,5,9-11,14H2,1H3/b23-19-. The van der Waals surface area contributed by atoms with Crippen LogP contribution in [0.1, 0.15) is 28.0 Å². The molecule has 27 heavy (non-hydrogen) atoms. The third-order valence-electron chi connectivity index (χ3n) is 4.68. The van der Waals surface area contributed by atoms with E-state index < -0.39 is 0 Å². The molecule has 3 heterocycles. The molecule has 1 aromatic heterocycles. The lowest BCUT2D eigenvalue weighted by Gasteiger charge is -2.26. The van der Waals surface area contributed by atoms with Gasteiger partial charge < -0.3 is 9.74 Å². The molecule has 2 aliphatic heterocycles. The first kappa shape index (κ1) is 17.2. The van der Waals surface area contributed by atoms with E-state index >= 15 is 0 Å². The number of benzene rings is 1. The van der Waals surface area contributed by atoms with Crippen molar-refractivity contribution in [2.24, 2.45) is 10.1 Å². The fraction of sp³-hybridized carbons (Fsp3) is 0.300. The molecule has 2 aliphatic rings. The van der Waals surface area contributed by atoms with Gasteiger partial charge in [-0.1, -0.05) is 41.6 Å². The van der Waals surface area contributed by atoms with E-state index in [-0.39, 0.29) is 5.91 Å². The number of amides is 1. The van der Waals surface area contributed by atoms with E-state index in [1.807, 2.05) is 42.7 Å². The Hall–Kier alpha value is -3.22. The topological polar surface area (TPSA) is 72.1 Å². The van der Waals surface area contributed by atoms with Gasteiger partial charge in [-0.2, -0.15) is 5.10 Å². The molecular weight excluding hydrogens is 342 g/mol. The van der Waals surface area contributed by atoms with Gasteiger partial charge in [0.15, 0.2) is 0 Å². The molecule has 1 aromatic carbocycles. The maximum Gasteiger partial charge on any atom is 0.257 e. The van der Waals surface area contributed by atoms with Crippen molar-refractivity contribution in [3.05, 3.63) is 59.4 Å². The Bertz CT molecular complexity index is 927. The molecule has 0 saturated carbocycles. The minimum Gasteiger partial charge on any atom is -0.399 e. The molecule has 2 aromatic rings. The molecule has 1 amide bonds. The zero-order valence-corrected chi connectivity index (χ0v) is 15.2. The average Bonchev–Trinajstić information content (AvgIpc) is 3.16. The van der Waals surface area contributed by atoms with Crippen LogP contribution in [0.4, 0.5) is 0 Å². The summed E-state index contributed by atoms with van der Waals surface area (Å²) in [4.78, 5) is 24.1. The second kappa shape index (κ2) is 7.57. The highest BCUT2D eigenvalue weighted by atomic mass is 16.6. The number of aliphatic imine (C=N–C) groups is 1. The second-order valence-corrected chi connectivity index (χ2v) is 6.45. The van der Waals surface area contributed by atoms with E-state index in [0.717, 1.165) is 35.6 Å². The molecule has 7 heteroatoms. The summed E-state index contributed by atoms with van der Waals surface area (Å²) < 4.78 is 1.76. The van der Waals surface area contributed by atoms with Crippen LogP contribution in [0.3, 0.4) is 0 Å². The number of dihydropyridines is 1. The third-order valence-corrected chi connectivity index (χ3v) is 4.68. The summed E-state index contributed by atoms with van der Waals surface area (Å²) in [5.74, 6) is -0.0319. The lowest BCUT2D eigenvalue weighted by molar-refractivity contribution is 0.0763. The molecular formula is C20H21N5O2. The highest BCUT2D eigenvalue weighted by Crippen LogP contribution is 2.20. The van der Waals surface area contributed by atoms with Crippen LogP contribution < -0.4 is 0 Å². The van der Waals surface area contributed by atoms with E-state index in [1.165, 1.54) is 7.11 Å². The van der Waals surface area contributed by atoms with E-state index in [2.05, 4.69) is 21.3 Å². The van der Waals surface area contributed by atoms with Crippen molar-refractivity contribution in [3.8, 4) is 0 Å². The minimum absolute atomic E-state index is 0.0319. The van der Waals surface area contributed by atoms with E-state index in [4.69, 9.17) is 4.84 Å². The number of carbonyl (C=O) groups excluding carboxylic acids is 1. The number of hydrogen-bond acceptors (Lipinski definition) is 5. The summed E-state index contributed by atoms with van der Waals surface area (Å²) in [5.41, 5.74) is 4.06. The first-order valence-electron chi connectivity index (χ1n) is 9.00. The molecule has 0 fully saturated rings. The molecule has 7 nitrogen and oxygen atoms in total. The summed E-state index contributed by atoms with van der Waals surface area (Å²) in [6, 6.07) is 9.76. The number of fused-ring (bicyclic) bond motifs is 1. The zero-order valence-electron chi connectivity index (χ0n) is 15.2. The van der Waals surface area contributed by atoms with Gasteiger partial charge >= 0.3 is 0 Å². The van der Waals surface area contributed by atoms with Gasteiger partial charge in [-0.3, -0.25) is 9.79 Å². The molecule has 0 bridgehead atoms. The molecule has 4 rings (SSSR count). The van der Waals surface area contributed by atoms with Gasteiger partial charge in [0.25, 0.3) is 5.91 Å². The summed E-state index contributed by atoms with van der Waals surface area (Å²) in [6.07, 6.45) is 7.32. The van der Waals surface area contributed by atoms with E-state index in [9.17, 15) is 4.79 Å². The minimum atomic E-state index is -0.0319. The van der Waals surface area contributed by atoms with Crippen LogP contribution in [-0.2, 0) is 11.3 Å². The Balaban J connectivity index is 1.56. The maximum absolute atomic E-state index is 13.0. The third kappa shape index (κ3) is 3.53. The Labute approximate surface area is 157 Å². The van der Waals surface area contributed by atoms with Crippen LogP contribution >= 0.6 is 0 Å². The van der Waals surface area contributed by atoms with Gasteiger partial charge in [0.2, 0.25) is 0 Å². The van der Waals surface area contributed by atoms with Crippen LogP contribution in [0.5, 0.6) is 0 Å². The first-order valence-corrected chi connectivity index (χ1v) is 9.00. The van der Waals surface area contributed by atoms with Crippen molar-refractivity contribution >= 4 is 23.5 Å². The van der Waals surface area contributed by atoms with Crippen molar-refractivity contribution in [1.82, 2.24) is 14.7 Å². The smallest absolute Gasteiger partial charge is 0.257 e.